The summed E-state index contributed by atoms with van der Waals surface area (Å²) >= 11 is 3.36. The highest BCUT2D eigenvalue weighted by Crippen LogP contribution is 2.24. The van der Waals surface area contributed by atoms with Crippen LogP contribution in [0.3, 0.4) is 0 Å². The van der Waals surface area contributed by atoms with E-state index >= 15 is 0 Å². The molecule has 1 aromatic heterocycles. The molecule has 5 nitrogen and oxygen atoms in total. The molecule has 0 atom stereocenters. The fraction of sp³-hybridized carbons (Fsp3) is 0.130. The topological polar surface area (TPSA) is 67.0 Å². The number of ether oxygens (including phenoxy) is 1. The van der Waals surface area contributed by atoms with Gasteiger partial charge in [-0.25, -0.2) is 0 Å². The van der Waals surface area contributed by atoms with Gasteiger partial charge in [-0.05, 0) is 80.1 Å². The highest BCUT2D eigenvalue weighted by atomic mass is 79.9. The van der Waals surface area contributed by atoms with Crippen molar-refractivity contribution in [3.05, 3.63) is 81.6 Å². The molecule has 29 heavy (non-hydrogen) atoms. The number of hydrogen-bond donors (Lipinski definition) is 1. The minimum Gasteiger partial charge on any atom is -0.497 e. The zero-order valence-corrected chi connectivity index (χ0v) is 17.9. The van der Waals surface area contributed by atoms with Crippen molar-refractivity contribution in [3.63, 3.8) is 0 Å². The number of nitrogens with one attached hydrogen (secondary N) is 1. The third-order valence-electron chi connectivity index (χ3n) is 4.57. The van der Waals surface area contributed by atoms with E-state index in [4.69, 9.17) is 4.74 Å². The van der Waals surface area contributed by atoms with Crippen molar-refractivity contribution in [3.8, 4) is 17.5 Å². The number of rotatable bonds is 5. The molecule has 3 rings (SSSR count). The number of aryl methyl sites for hydroxylation is 1. The highest BCUT2D eigenvalue weighted by Gasteiger charge is 2.14. The summed E-state index contributed by atoms with van der Waals surface area (Å²) in [5.41, 5.74) is 4.42. The Bertz CT molecular complexity index is 1100. The van der Waals surface area contributed by atoms with Crippen LogP contribution in [0.15, 0.2) is 64.6 Å². The molecule has 0 radical (unpaired) electrons. The molecule has 0 fully saturated rings. The monoisotopic (exact) mass is 449 g/mol. The lowest BCUT2D eigenvalue weighted by Gasteiger charge is -2.10. The number of anilines is 1. The fourth-order valence-corrected chi connectivity index (χ4v) is 3.36. The van der Waals surface area contributed by atoms with Crippen molar-refractivity contribution in [2.45, 2.75) is 13.8 Å². The number of aromatic nitrogens is 1. The highest BCUT2D eigenvalue weighted by molar-refractivity contribution is 9.10. The molecule has 0 spiro atoms. The number of benzene rings is 2. The molecule has 0 bridgehead atoms. The molecule has 2 aromatic carbocycles. The van der Waals surface area contributed by atoms with Crippen LogP contribution in [-0.4, -0.2) is 17.6 Å². The van der Waals surface area contributed by atoms with Gasteiger partial charge in [0.1, 0.15) is 17.4 Å². The largest absolute Gasteiger partial charge is 0.497 e. The van der Waals surface area contributed by atoms with Crippen LogP contribution in [0, 0.1) is 25.2 Å². The molecule has 0 saturated carbocycles. The lowest BCUT2D eigenvalue weighted by molar-refractivity contribution is -0.112. The summed E-state index contributed by atoms with van der Waals surface area (Å²) in [6.07, 6.45) is 1.62. The molecule has 0 saturated heterocycles. The first-order valence-corrected chi connectivity index (χ1v) is 9.74. The molecular weight excluding hydrogens is 430 g/mol. The molecule has 1 N–H and O–H groups in total. The number of amides is 1. The maximum atomic E-state index is 12.5. The lowest BCUT2D eigenvalue weighted by atomic mass is 10.1. The Morgan fingerprint density at radius 1 is 1.14 bits per heavy atom. The maximum absolute atomic E-state index is 12.5. The van der Waals surface area contributed by atoms with Crippen molar-refractivity contribution in [1.29, 1.82) is 5.26 Å². The summed E-state index contributed by atoms with van der Waals surface area (Å²) in [5.74, 6) is 0.344. The van der Waals surface area contributed by atoms with Gasteiger partial charge in [0.2, 0.25) is 0 Å². The van der Waals surface area contributed by atoms with Crippen LogP contribution in [0.1, 0.15) is 17.0 Å². The van der Waals surface area contributed by atoms with Crippen molar-refractivity contribution < 1.29 is 9.53 Å². The third kappa shape index (κ3) is 4.58. The van der Waals surface area contributed by atoms with E-state index in [0.29, 0.717) is 5.69 Å². The molecule has 0 aliphatic heterocycles. The summed E-state index contributed by atoms with van der Waals surface area (Å²) in [6.45, 7) is 3.95. The minimum absolute atomic E-state index is 0.0444. The van der Waals surface area contributed by atoms with Crippen molar-refractivity contribution in [2.24, 2.45) is 0 Å². The van der Waals surface area contributed by atoms with Gasteiger partial charge in [-0.2, -0.15) is 5.26 Å². The molecule has 146 valence electrons. The van der Waals surface area contributed by atoms with Crippen LogP contribution in [0.4, 0.5) is 5.69 Å². The van der Waals surface area contributed by atoms with Gasteiger partial charge in [0.25, 0.3) is 5.91 Å². The van der Waals surface area contributed by atoms with E-state index in [2.05, 4.69) is 25.8 Å². The normalized spacial score (nSPS) is 11.1. The first-order chi connectivity index (χ1) is 13.9. The number of carbonyl (C=O) groups is 1. The molecule has 0 unspecified atom stereocenters. The SMILES string of the molecule is COc1ccc(-n2c(C)cc(/C=C(\C#N)C(=O)Nc3ccc(Br)cc3)c2C)cc1. The van der Waals surface area contributed by atoms with Crippen LogP contribution >= 0.6 is 15.9 Å². The molecule has 0 aliphatic carbocycles. The fourth-order valence-electron chi connectivity index (χ4n) is 3.10. The summed E-state index contributed by atoms with van der Waals surface area (Å²) in [4.78, 5) is 12.5. The van der Waals surface area contributed by atoms with E-state index < -0.39 is 5.91 Å². The lowest BCUT2D eigenvalue weighted by Crippen LogP contribution is -2.13. The molecule has 1 heterocycles. The Morgan fingerprint density at radius 2 is 1.79 bits per heavy atom. The second kappa shape index (κ2) is 8.80. The third-order valence-corrected chi connectivity index (χ3v) is 5.10. The van der Waals surface area contributed by atoms with Crippen LogP contribution in [-0.2, 0) is 4.79 Å². The van der Waals surface area contributed by atoms with Gasteiger partial charge < -0.3 is 14.6 Å². The first kappa shape index (κ1) is 20.4. The summed E-state index contributed by atoms with van der Waals surface area (Å²) < 4.78 is 8.21. The predicted molar refractivity (Wildman–Crippen MR) is 118 cm³/mol. The van der Waals surface area contributed by atoms with Gasteiger partial charge in [-0.3, -0.25) is 4.79 Å². The van der Waals surface area contributed by atoms with Crippen molar-refractivity contribution >= 4 is 33.6 Å². The van der Waals surface area contributed by atoms with Crippen LogP contribution in [0.5, 0.6) is 5.75 Å². The van der Waals surface area contributed by atoms with Gasteiger partial charge in [-0.1, -0.05) is 15.9 Å². The summed E-state index contributed by atoms with van der Waals surface area (Å²) in [7, 11) is 1.63. The van der Waals surface area contributed by atoms with Crippen molar-refractivity contribution in [2.75, 3.05) is 12.4 Å². The molecule has 1 amide bonds. The first-order valence-electron chi connectivity index (χ1n) is 8.95. The predicted octanol–water partition coefficient (Wildman–Crippen LogP) is 5.41. The van der Waals surface area contributed by atoms with Gasteiger partial charge in [-0.15, -0.1) is 0 Å². The zero-order valence-electron chi connectivity index (χ0n) is 16.4. The van der Waals surface area contributed by atoms with E-state index in [1.807, 2.05) is 62.4 Å². The van der Waals surface area contributed by atoms with Crippen molar-refractivity contribution in [1.82, 2.24) is 4.57 Å². The van der Waals surface area contributed by atoms with Gasteiger partial charge in [0.15, 0.2) is 0 Å². The Balaban J connectivity index is 1.90. The van der Waals surface area contributed by atoms with E-state index in [-0.39, 0.29) is 5.57 Å². The number of hydrogen-bond acceptors (Lipinski definition) is 3. The number of methoxy groups -OCH3 is 1. The Kier molecular flexibility index (Phi) is 6.20. The van der Waals surface area contributed by atoms with Gasteiger partial charge in [0, 0.05) is 27.2 Å². The average molecular weight is 450 g/mol. The average Bonchev–Trinajstić information content (AvgIpc) is 3.00. The molecular formula is C23H20BrN3O2. The van der Waals surface area contributed by atoms with Gasteiger partial charge >= 0.3 is 0 Å². The number of halogens is 1. The molecule has 6 heteroatoms. The number of nitrogens with zero attached hydrogens (tertiary/aromatic N) is 2. The number of nitriles is 1. The standard InChI is InChI=1S/C23H20BrN3O2/c1-15-12-17(16(2)27(15)21-8-10-22(29-3)11-9-21)13-18(14-25)23(28)26-20-6-4-19(24)5-7-20/h4-13H,1-3H3,(H,26,28)/b18-13+. The maximum Gasteiger partial charge on any atom is 0.266 e. The second-order valence-corrected chi connectivity index (χ2v) is 7.41. The summed E-state index contributed by atoms with van der Waals surface area (Å²) in [5, 5.41) is 12.3. The smallest absolute Gasteiger partial charge is 0.266 e. The second-order valence-electron chi connectivity index (χ2n) is 6.49. The van der Waals surface area contributed by atoms with Crippen LogP contribution in [0.2, 0.25) is 0 Å². The Hall–Kier alpha value is -3.30. The Morgan fingerprint density at radius 3 is 2.38 bits per heavy atom. The quantitative estimate of drug-likeness (QED) is 0.418. The van der Waals surface area contributed by atoms with Crippen LogP contribution in [0.25, 0.3) is 11.8 Å². The minimum atomic E-state index is -0.441. The molecule has 3 aromatic rings. The molecule has 0 aliphatic rings. The Labute approximate surface area is 178 Å². The van der Waals surface area contributed by atoms with E-state index in [1.165, 1.54) is 0 Å². The van der Waals surface area contributed by atoms with Crippen LogP contribution < -0.4 is 10.1 Å². The van der Waals surface area contributed by atoms with Gasteiger partial charge in [0.05, 0.1) is 7.11 Å². The number of carbonyl (C=O) groups excluding carboxylic acids is 1. The van der Waals surface area contributed by atoms with E-state index in [9.17, 15) is 10.1 Å². The summed E-state index contributed by atoms with van der Waals surface area (Å²) in [6, 6.07) is 18.9. The van der Waals surface area contributed by atoms with E-state index in [1.54, 1.807) is 25.3 Å². The van der Waals surface area contributed by atoms with E-state index in [0.717, 1.165) is 32.9 Å². The zero-order chi connectivity index (χ0) is 21.0.